The first-order valence-electron chi connectivity index (χ1n) is 4.76. The van der Waals surface area contributed by atoms with Gasteiger partial charge in [0.2, 0.25) is 5.88 Å². The van der Waals surface area contributed by atoms with Crippen LogP contribution in [0.5, 0.6) is 5.88 Å². The van der Waals surface area contributed by atoms with Crippen LogP contribution < -0.4 is 10.1 Å². The topological polar surface area (TPSA) is 47.0 Å². The van der Waals surface area contributed by atoms with Crippen LogP contribution in [0.15, 0.2) is 12.4 Å². The van der Waals surface area contributed by atoms with Gasteiger partial charge in [-0.3, -0.25) is 0 Å². The minimum absolute atomic E-state index is 0.0958. The van der Waals surface area contributed by atoms with Gasteiger partial charge >= 0.3 is 6.18 Å². The molecule has 4 nitrogen and oxygen atoms in total. The lowest BCUT2D eigenvalue weighted by Crippen LogP contribution is -2.21. The lowest BCUT2D eigenvalue weighted by Gasteiger charge is -2.09. The minimum atomic E-state index is -4.27. The Morgan fingerprint density at radius 3 is 2.75 bits per heavy atom. The van der Waals surface area contributed by atoms with E-state index in [0.29, 0.717) is 6.61 Å². The largest absolute Gasteiger partial charge is 0.478 e. The number of halogens is 3. The number of hydrogen-bond acceptors (Lipinski definition) is 4. The first-order valence-corrected chi connectivity index (χ1v) is 4.76. The molecule has 0 aliphatic carbocycles. The number of rotatable bonds is 5. The van der Waals surface area contributed by atoms with Crippen LogP contribution in [0.2, 0.25) is 0 Å². The van der Waals surface area contributed by atoms with Crippen LogP contribution in [0.4, 0.5) is 19.0 Å². The number of nitrogens with one attached hydrogen (secondary N) is 1. The summed E-state index contributed by atoms with van der Waals surface area (Å²) in [4.78, 5) is 7.42. The Kier molecular flexibility index (Phi) is 4.33. The average Bonchev–Trinajstić information content (AvgIpc) is 2.23. The summed E-state index contributed by atoms with van der Waals surface area (Å²) < 4.78 is 40.9. The molecular formula is C9H12F3N3O. The molecule has 0 saturated carbocycles. The van der Waals surface area contributed by atoms with Crippen LogP contribution in [0.1, 0.15) is 13.3 Å². The van der Waals surface area contributed by atoms with Gasteiger partial charge in [-0.05, 0) is 6.42 Å². The second-order valence-corrected chi connectivity index (χ2v) is 3.06. The third-order valence-electron chi connectivity index (χ3n) is 1.57. The molecule has 0 saturated heterocycles. The number of aromatic nitrogens is 2. The van der Waals surface area contributed by atoms with E-state index >= 15 is 0 Å². The van der Waals surface area contributed by atoms with Crippen molar-refractivity contribution in [3.63, 3.8) is 0 Å². The molecule has 1 N–H and O–H groups in total. The van der Waals surface area contributed by atoms with Crippen molar-refractivity contribution in [1.29, 1.82) is 0 Å². The zero-order valence-corrected chi connectivity index (χ0v) is 8.71. The van der Waals surface area contributed by atoms with Crippen molar-refractivity contribution in [2.75, 3.05) is 18.5 Å². The average molecular weight is 235 g/mol. The van der Waals surface area contributed by atoms with Crippen molar-refractivity contribution in [3.8, 4) is 5.88 Å². The molecular weight excluding hydrogens is 223 g/mol. The molecule has 0 spiro atoms. The van der Waals surface area contributed by atoms with Crippen molar-refractivity contribution >= 4 is 5.82 Å². The molecule has 0 radical (unpaired) electrons. The summed E-state index contributed by atoms with van der Waals surface area (Å²) in [5, 5.41) is 2.15. The van der Waals surface area contributed by atoms with E-state index < -0.39 is 12.7 Å². The summed E-state index contributed by atoms with van der Waals surface area (Å²) in [5.41, 5.74) is 0. The van der Waals surface area contributed by atoms with Crippen molar-refractivity contribution in [2.24, 2.45) is 0 Å². The quantitative estimate of drug-likeness (QED) is 0.850. The predicted octanol–water partition coefficient (Wildman–Crippen LogP) is 2.24. The van der Waals surface area contributed by atoms with E-state index in [-0.39, 0.29) is 11.7 Å². The number of alkyl halides is 3. The highest BCUT2D eigenvalue weighted by atomic mass is 19.4. The van der Waals surface area contributed by atoms with Crippen LogP contribution in [-0.2, 0) is 0 Å². The van der Waals surface area contributed by atoms with E-state index in [4.69, 9.17) is 4.74 Å². The Hall–Kier alpha value is -1.53. The molecule has 0 atom stereocenters. The normalized spacial score (nSPS) is 11.2. The molecule has 7 heteroatoms. The maximum Gasteiger partial charge on any atom is 0.405 e. The maximum absolute atomic E-state index is 11.9. The first-order chi connectivity index (χ1) is 7.51. The van der Waals surface area contributed by atoms with E-state index in [0.717, 1.165) is 12.7 Å². The van der Waals surface area contributed by atoms with E-state index in [1.165, 1.54) is 6.07 Å². The van der Waals surface area contributed by atoms with Crippen LogP contribution in [-0.4, -0.2) is 29.3 Å². The van der Waals surface area contributed by atoms with Crippen molar-refractivity contribution in [2.45, 2.75) is 19.5 Å². The summed E-state index contributed by atoms with van der Waals surface area (Å²) in [6, 6.07) is 1.33. The first kappa shape index (κ1) is 12.5. The number of hydrogen-bond donors (Lipinski definition) is 1. The summed E-state index contributed by atoms with van der Waals surface area (Å²) in [6.07, 6.45) is -2.31. The predicted molar refractivity (Wildman–Crippen MR) is 52.4 cm³/mol. The Morgan fingerprint density at radius 1 is 1.38 bits per heavy atom. The summed E-state index contributed by atoms with van der Waals surface area (Å²) in [7, 11) is 0. The molecule has 0 aliphatic heterocycles. The van der Waals surface area contributed by atoms with Crippen LogP contribution in [0.25, 0.3) is 0 Å². The van der Waals surface area contributed by atoms with Crippen LogP contribution in [0.3, 0.4) is 0 Å². The third kappa shape index (κ3) is 4.81. The van der Waals surface area contributed by atoms with Gasteiger partial charge in [-0.2, -0.15) is 13.2 Å². The molecule has 1 heterocycles. The zero-order chi connectivity index (χ0) is 12.0. The maximum atomic E-state index is 11.9. The van der Waals surface area contributed by atoms with Gasteiger partial charge in [-0.15, -0.1) is 0 Å². The molecule has 90 valence electrons. The molecule has 1 aromatic rings. The zero-order valence-electron chi connectivity index (χ0n) is 8.71. The summed E-state index contributed by atoms with van der Waals surface area (Å²) >= 11 is 0. The minimum Gasteiger partial charge on any atom is -0.478 e. The van der Waals surface area contributed by atoms with E-state index in [1.807, 2.05) is 6.92 Å². The van der Waals surface area contributed by atoms with E-state index in [2.05, 4.69) is 15.3 Å². The SMILES string of the molecule is CCCOc1cc(NCC(F)(F)F)ncn1. The van der Waals surface area contributed by atoms with Gasteiger partial charge in [0.1, 0.15) is 18.7 Å². The highest BCUT2D eigenvalue weighted by Gasteiger charge is 2.26. The van der Waals surface area contributed by atoms with Gasteiger partial charge in [-0.25, -0.2) is 9.97 Å². The number of anilines is 1. The molecule has 0 aliphatic rings. The van der Waals surface area contributed by atoms with Crippen molar-refractivity contribution in [1.82, 2.24) is 9.97 Å². The molecule has 1 aromatic heterocycles. The van der Waals surface area contributed by atoms with Gasteiger partial charge in [0.05, 0.1) is 6.61 Å². The Labute approximate surface area is 90.9 Å². The highest BCUT2D eigenvalue weighted by Crippen LogP contribution is 2.17. The monoisotopic (exact) mass is 235 g/mol. The lowest BCUT2D eigenvalue weighted by molar-refractivity contribution is -0.115. The molecule has 0 bridgehead atoms. The Balaban J connectivity index is 2.53. The fourth-order valence-electron chi connectivity index (χ4n) is 0.912. The molecule has 1 rings (SSSR count). The Bertz CT molecular complexity index is 330. The molecule has 0 amide bonds. The second-order valence-electron chi connectivity index (χ2n) is 3.06. The Morgan fingerprint density at radius 2 is 2.12 bits per heavy atom. The number of ether oxygens (including phenoxy) is 1. The smallest absolute Gasteiger partial charge is 0.405 e. The van der Waals surface area contributed by atoms with Gasteiger partial charge in [-0.1, -0.05) is 6.92 Å². The van der Waals surface area contributed by atoms with Gasteiger partial charge in [0.15, 0.2) is 0 Å². The van der Waals surface area contributed by atoms with Crippen molar-refractivity contribution in [3.05, 3.63) is 12.4 Å². The fourth-order valence-corrected chi connectivity index (χ4v) is 0.912. The van der Waals surface area contributed by atoms with Gasteiger partial charge < -0.3 is 10.1 Å². The summed E-state index contributed by atoms with van der Waals surface area (Å²) in [5.74, 6) is 0.361. The van der Waals surface area contributed by atoms with Crippen LogP contribution in [0, 0.1) is 0 Å². The van der Waals surface area contributed by atoms with E-state index in [9.17, 15) is 13.2 Å². The second kappa shape index (κ2) is 5.53. The molecule has 16 heavy (non-hydrogen) atoms. The van der Waals surface area contributed by atoms with E-state index in [1.54, 1.807) is 0 Å². The van der Waals surface area contributed by atoms with Crippen LogP contribution >= 0.6 is 0 Å². The summed E-state index contributed by atoms with van der Waals surface area (Å²) in [6.45, 7) is 1.26. The third-order valence-corrected chi connectivity index (χ3v) is 1.57. The molecule has 0 unspecified atom stereocenters. The van der Waals surface area contributed by atoms with Gasteiger partial charge in [0.25, 0.3) is 0 Å². The van der Waals surface area contributed by atoms with Gasteiger partial charge in [0, 0.05) is 6.07 Å². The van der Waals surface area contributed by atoms with Crippen molar-refractivity contribution < 1.29 is 17.9 Å². The standard InChI is InChI=1S/C9H12F3N3O/c1-2-3-16-8-4-7(14-6-15-8)13-5-9(10,11)12/h4,6H,2-3,5H2,1H3,(H,13,14,15). The lowest BCUT2D eigenvalue weighted by atomic mass is 10.5. The molecule has 0 aromatic carbocycles. The number of nitrogens with zero attached hydrogens (tertiary/aromatic N) is 2. The fraction of sp³-hybridized carbons (Fsp3) is 0.556. The highest BCUT2D eigenvalue weighted by molar-refractivity contribution is 5.37. The molecule has 0 fully saturated rings.